The molecule has 0 aliphatic carbocycles. The molecule has 1 saturated heterocycles. The van der Waals surface area contributed by atoms with E-state index in [1.165, 1.54) is 0 Å². The second kappa shape index (κ2) is 5.69. The quantitative estimate of drug-likeness (QED) is 0.641. The first kappa shape index (κ1) is 9.92. The minimum absolute atomic E-state index is 0. The maximum atomic E-state index is 4.97. The van der Waals surface area contributed by atoms with Crippen molar-refractivity contribution in [3.05, 3.63) is 0 Å². The van der Waals surface area contributed by atoms with Crippen LogP contribution in [-0.2, 0) is 4.74 Å². The third kappa shape index (κ3) is 3.85. The van der Waals surface area contributed by atoms with Crippen molar-refractivity contribution in [2.24, 2.45) is 0 Å². The Morgan fingerprint density at radius 2 is 1.90 bits per heavy atom. The first-order chi connectivity index (χ1) is 4.79. The Bertz CT molecular complexity index is 74.5. The van der Waals surface area contributed by atoms with E-state index < -0.39 is 0 Å². The molecule has 0 unspecified atom stereocenters. The van der Waals surface area contributed by atoms with Crippen LogP contribution in [0.3, 0.4) is 0 Å². The second-order valence-electron chi connectivity index (χ2n) is 2.56. The van der Waals surface area contributed by atoms with E-state index in [4.69, 9.17) is 4.74 Å². The van der Waals surface area contributed by atoms with Crippen LogP contribution in [0, 0.1) is 0 Å². The Morgan fingerprint density at radius 1 is 1.40 bits per heavy atom. The van der Waals surface area contributed by atoms with Gasteiger partial charge in [-0.3, -0.25) is 0 Å². The lowest BCUT2D eigenvalue weighted by Gasteiger charge is -2.28. The van der Waals surface area contributed by atoms with Gasteiger partial charge in [0.2, 0.25) is 0 Å². The summed E-state index contributed by atoms with van der Waals surface area (Å²) in [6, 6.07) is 1.24. The number of hydrogen-bond donors (Lipinski definition) is 1. The average molecular weight is 147 g/mol. The van der Waals surface area contributed by atoms with E-state index in [1.54, 1.807) is 0 Å². The van der Waals surface area contributed by atoms with E-state index in [-0.39, 0.29) is 1.43 Å². The van der Waals surface area contributed by atoms with Crippen LogP contribution in [0.15, 0.2) is 0 Å². The fourth-order valence-electron chi connectivity index (χ4n) is 0.803. The topological polar surface area (TPSA) is 21.3 Å². The maximum absolute atomic E-state index is 4.97. The van der Waals surface area contributed by atoms with E-state index in [9.17, 15) is 0 Å². The summed E-state index contributed by atoms with van der Waals surface area (Å²) in [6.07, 6.45) is 0. The Hall–Kier alpha value is -0.0800. The van der Waals surface area contributed by atoms with Crippen molar-refractivity contribution in [1.29, 1.82) is 0 Å². The molecule has 0 aromatic carbocycles. The van der Waals surface area contributed by atoms with Gasteiger partial charge in [0.25, 0.3) is 0 Å². The van der Waals surface area contributed by atoms with Gasteiger partial charge in [-0.1, -0.05) is 27.7 Å². The molecule has 0 aromatic rings. The predicted octanol–water partition coefficient (Wildman–Crippen LogP) is 1.66. The Labute approximate surface area is 65.4 Å². The van der Waals surface area contributed by atoms with Crippen molar-refractivity contribution in [3.63, 3.8) is 0 Å². The molecule has 1 N–H and O–H groups in total. The second-order valence-corrected chi connectivity index (χ2v) is 2.56. The van der Waals surface area contributed by atoms with Gasteiger partial charge in [-0.05, 0) is 0 Å². The fraction of sp³-hybridized carbons (Fsp3) is 1.00. The molecular weight excluding hydrogens is 126 g/mol. The van der Waals surface area contributed by atoms with Crippen LogP contribution >= 0.6 is 0 Å². The third-order valence-corrected chi connectivity index (χ3v) is 1.21. The van der Waals surface area contributed by atoms with E-state index in [0.717, 1.165) is 13.2 Å². The molecule has 1 aliphatic heterocycles. The van der Waals surface area contributed by atoms with E-state index in [2.05, 4.69) is 19.2 Å². The summed E-state index contributed by atoms with van der Waals surface area (Å²) in [7, 11) is 0. The zero-order valence-electron chi connectivity index (χ0n) is 7.48. The van der Waals surface area contributed by atoms with Crippen LogP contribution in [0.1, 0.15) is 29.1 Å². The Kier molecular flexibility index (Phi) is 5.64. The monoisotopic (exact) mass is 147 g/mol. The first-order valence-electron chi connectivity index (χ1n) is 4.13. The third-order valence-electron chi connectivity index (χ3n) is 1.21. The lowest BCUT2D eigenvalue weighted by atomic mass is 10.2. The summed E-state index contributed by atoms with van der Waals surface area (Å²) in [4.78, 5) is 0. The van der Waals surface area contributed by atoms with Gasteiger partial charge < -0.3 is 10.1 Å². The summed E-state index contributed by atoms with van der Waals surface area (Å²) in [5.41, 5.74) is 0. The lowest BCUT2D eigenvalue weighted by Crippen LogP contribution is -2.48. The Morgan fingerprint density at radius 3 is 2.00 bits per heavy atom. The summed E-state index contributed by atoms with van der Waals surface area (Å²) in [5.74, 6) is 0. The van der Waals surface area contributed by atoms with Gasteiger partial charge in [-0.2, -0.15) is 0 Å². The van der Waals surface area contributed by atoms with Gasteiger partial charge in [0.1, 0.15) is 0 Å². The van der Waals surface area contributed by atoms with E-state index in [1.807, 2.05) is 13.8 Å². The van der Waals surface area contributed by atoms with Gasteiger partial charge in [0.15, 0.2) is 0 Å². The van der Waals surface area contributed by atoms with Gasteiger partial charge in [0.05, 0.1) is 19.3 Å². The summed E-state index contributed by atoms with van der Waals surface area (Å²) >= 11 is 0. The maximum Gasteiger partial charge on any atom is 0.0643 e. The molecular formula is C8H21NO. The van der Waals surface area contributed by atoms with Crippen molar-refractivity contribution >= 4 is 0 Å². The standard InChI is InChI=1S/C6H13NO.C2H6.H2/c1-5(2)7-6-3-8-4-6;1-2;/h5-7H,3-4H2,1-2H3;1-2H3;1H. The van der Waals surface area contributed by atoms with Gasteiger partial charge in [-0.15, -0.1) is 0 Å². The van der Waals surface area contributed by atoms with Crippen molar-refractivity contribution in [2.75, 3.05) is 13.2 Å². The van der Waals surface area contributed by atoms with Crippen LogP contribution in [-0.4, -0.2) is 25.3 Å². The number of hydrogen-bond acceptors (Lipinski definition) is 2. The van der Waals surface area contributed by atoms with Crippen LogP contribution in [0.25, 0.3) is 0 Å². The molecule has 0 atom stereocenters. The zero-order chi connectivity index (χ0) is 7.98. The normalized spacial score (nSPS) is 17.7. The molecule has 0 radical (unpaired) electrons. The number of rotatable bonds is 2. The molecule has 1 aliphatic rings. The molecule has 64 valence electrons. The summed E-state index contributed by atoms with van der Waals surface area (Å²) in [5, 5.41) is 3.35. The van der Waals surface area contributed by atoms with Crippen molar-refractivity contribution < 1.29 is 6.16 Å². The average Bonchev–Trinajstić information content (AvgIpc) is 1.84. The smallest absolute Gasteiger partial charge is 0.0643 e. The largest absolute Gasteiger partial charge is 0.378 e. The molecule has 1 heterocycles. The van der Waals surface area contributed by atoms with E-state index >= 15 is 0 Å². The zero-order valence-corrected chi connectivity index (χ0v) is 7.48. The highest BCUT2D eigenvalue weighted by atomic mass is 16.5. The SMILES string of the molecule is CC.CC(C)NC1COC1.[HH]. The molecule has 0 bridgehead atoms. The highest BCUT2D eigenvalue weighted by molar-refractivity contribution is 4.74. The van der Waals surface area contributed by atoms with Crippen molar-refractivity contribution in [3.8, 4) is 0 Å². The van der Waals surface area contributed by atoms with Crippen LogP contribution in [0.4, 0.5) is 0 Å². The molecule has 1 rings (SSSR count). The fourth-order valence-corrected chi connectivity index (χ4v) is 0.803. The molecule has 10 heavy (non-hydrogen) atoms. The van der Waals surface area contributed by atoms with Gasteiger partial charge in [-0.25, -0.2) is 0 Å². The van der Waals surface area contributed by atoms with Crippen LogP contribution in [0.2, 0.25) is 0 Å². The molecule has 1 fully saturated rings. The molecule has 0 spiro atoms. The van der Waals surface area contributed by atoms with Gasteiger partial charge in [0, 0.05) is 7.47 Å². The van der Waals surface area contributed by atoms with Gasteiger partial charge >= 0.3 is 0 Å². The molecule has 0 aromatic heterocycles. The summed E-state index contributed by atoms with van der Waals surface area (Å²) in [6.45, 7) is 10.1. The molecule has 2 heteroatoms. The van der Waals surface area contributed by atoms with Crippen LogP contribution < -0.4 is 5.32 Å². The highest BCUT2D eigenvalue weighted by Crippen LogP contribution is 1.99. The molecule has 0 amide bonds. The minimum Gasteiger partial charge on any atom is -0.378 e. The summed E-state index contributed by atoms with van der Waals surface area (Å²) < 4.78 is 4.97. The molecule has 2 nitrogen and oxygen atoms in total. The first-order valence-corrected chi connectivity index (χ1v) is 4.13. The highest BCUT2D eigenvalue weighted by Gasteiger charge is 2.17. The van der Waals surface area contributed by atoms with Crippen molar-refractivity contribution in [2.45, 2.75) is 39.8 Å². The number of ether oxygens (including phenoxy) is 1. The van der Waals surface area contributed by atoms with E-state index in [0.29, 0.717) is 12.1 Å². The lowest BCUT2D eigenvalue weighted by molar-refractivity contribution is -0.00828. The number of nitrogens with one attached hydrogen (secondary N) is 1. The predicted molar refractivity (Wildman–Crippen MR) is 46.3 cm³/mol. The molecule has 0 saturated carbocycles. The van der Waals surface area contributed by atoms with Crippen LogP contribution in [0.5, 0.6) is 0 Å². The Balaban J connectivity index is 0. The minimum atomic E-state index is 0. The van der Waals surface area contributed by atoms with Crippen molar-refractivity contribution in [1.82, 2.24) is 5.32 Å².